The van der Waals surface area contributed by atoms with Gasteiger partial charge in [0.25, 0.3) is 0 Å². The number of aliphatic hydroxyl groups excluding tert-OH is 1. The van der Waals surface area contributed by atoms with Gasteiger partial charge in [-0.05, 0) is 12.8 Å². The molecule has 0 aliphatic carbocycles. The van der Waals surface area contributed by atoms with Gasteiger partial charge in [0.2, 0.25) is 5.91 Å². The maximum Gasteiger partial charge on any atom is 0.472 e. The van der Waals surface area contributed by atoms with Gasteiger partial charge in [0.1, 0.15) is 13.2 Å². The first-order chi connectivity index (χ1) is 27.5. The van der Waals surface area contributed by atoms with Gasteiger partial charge >= 0.3 is 7.82 Å². The fourth-order valence-corrected chi connectivity index (χ4v) is 8.37. The molecular weight excluding hydrogens is 732 g/mol. The number of aliphatic hydroxyl groups is 1. The average Bonchev–Trinajstić information content (AvgIpc) is 3.16. The lowest BCUT2D eigenvalue weighted by Crippen LogP contribution is -2.46. The lowest BCUT2D eigenvalue weighted by molar-refractivity contribution is -0.870. The maximum absolute atomic E-state index is 12.8. The predicted molar refractivity (Wildman–Crippen MR) is 245 cm³/mol. The number of rotatable bonds is 46. The van der Waals surface area contributed by atoms with Crippen molar-refractivity contribution in [3.63, 3.8) is 0 Å². The highest BCUT2D eigenvalue weighted by atomic mass is 31.2. The minimum Gasteiger partial charge on any atom is -0.391 e. The summed E-state index contributed by atoms with van der Waals surface area (Å²) in [4.78, 5) is 23.0. The maximum atomic E-state index is 12.8. The number of nitrogens with one attached hydrogen (secondary N) is 1. The highest BCUT2D eigenvalue weighted by molar-refractivity contribution is 7.47. The summed E-state index contributed by atoms with van der Waals surface area (Å²) < 4.78 is 23.5. The van der Waals surface area contributed by atoms with E-state index in [1.165, 1.54) is 186 Å². The summed E-state index contributed by atoms with van der Waals surface area (Å²) in [6, 6.07) is -0.751. The molecule has 8 nitrogen and oxygen atoms in total. The molecular formula is C48H100N2O6P+. The number of quaternary nitrogens is 1. The minimum atomic E-state index is -4.30. The number of amides is 1. The molecule has 0 heterocycles. The number of hydrogen-bond acceptors (Lipinski definition) is 5. The first kappa shape index (κ1) is 56.5. The molecule has 0 spiro atoms. The first-order valence-electron chi connectivity index (χ1n) is 24.9. The number of carbonyl (C=O) groups excluding carboxylic acids is 1. The normalized spacial score (nSPS) is 14.2. The third-order valence-electron chi connectivity index (χ3n) is 11.6. The van der Waals surface area contributed by atoms with Gasteiger partial charge in [0, 0.05) is 6.42 Å². The minimum absolute atomic E-state index is 0.0777. The second kappa shape index (κ2) is 40.9. The number of carbonyl (C=O) groups is 1. The average molecular weight is 832 g/mol. The summed E-state index contributed by atoms with van der Waals surface area (Å²) >= 11 is 0. The number of hydrogen-bond donors (Lipinski definition) is 3. The van der Waals surface area contributed by atoms with E-state index in [1.807, 2.05) is 21.1 Å². The highest BCUT2D eigenvalue weighted by Crippen LogP contribution is 2.43. The molecule has 3 N–H and O–H groups in total. The number of nitrogens with zero attached hydrogens (tertiary/aromatic N) is 1. The Morgan fingerprint density at radius 1 is 0.526 bits per heavy atom. The summed E-state index contributed by atoms with van der Waals surface area (Å²) in [5.74, 6) is -0.144. The molecule has 0 aromatic rings. The Balaban J connectivity index is 3.84. The number of phosphoric acid groups is 1. The van der Waals surface area contributed by atoms with E-state index in [0.717, 1.165) is 38.5 Å². The molecule has 0 saturated carbocycles. The smallest absolute Gasteiger partial charge is 0.391 e. The third-order valence-corrected chi connectivity index (χ3v) is 12.6. The van der Waals surface area contributed by atoms with Crippen LogP contribution in [0.3, 0.4) is 0 Å². The summed E-state index contributed by atoms with van der Waals surface area (Å²) in [6.07, 6.45) is 46.2. The Morgan fingerprint density at radius 3 is 1.18 bits per heavy atom. The van der Waals surface area contributed by atoms with Gasteiger partial charge in [-0.25, -0.2) is 4.57 Å². The fourth-order valence-electron chi connectivity index (χ4n) is 7.64. The van der Waals surface area contributed by atoms with Crippen molar-refractivity contribution < 1.29 is 32.9 Å². The van der Waals surface area contributed by atoms with Crippen LogP contribution >= 0.6 is 7.82 Å². The van der Waals surface area contributed by atoms with E-state index in [1.54, 1.807) is 0 Å². The molecule has 0 radical (unpaired) electrons. The summed E-state index contributed by atoms with van der Waals surface area (Å²) in [6.45, 7) is 4.85. The molecule has 0 fully saturated rings. The molecule has 3 unspecified atom stereocenters. The molecule has 0 aromatic heterocycles. The van der Waals surface area contributed by atoms with Crippen molar-refractivity contribution in [2.24, 2.45) is 0 Å². The van der Waals surface area contributed by atoms with Crippen molar-refractivity contribution in [2.45, 2.75) is 264 Å². The monoisotopic (exact) mass is 832 g/mol. The molecule has 0 bridgehead atoms. The zero-order valence-electron chi connectivity index (χ0n) is 38.9. The highest BCUT2D eigenvalue weighted by Gasteiger charge is 2.28. The van der Waals surface area contributed by atoms with Crippen LogP contribution in [0, 0.1) is 0 Å². The largest absolute Gasteiger partial charge is 0.472 e. The second-order valence-electron chi connectivity index (χ2n) is 18.6. The van der Waals surface area contributed by atoms with E-state index in [2.05, 4.69) is 19.2 Å². The van der Waals surface area contributed by atoms with Crippen LogP contribution in [0.4, 0.5) is 0 Å². The summed E-state index contributed by atoms with van der Waals surface area (Å²) in [5, 5.41) is 13.8. The van der Waals surface area contributed by atoms with E-state index in [-0.39, 0.29) is 19.1 Å². The van der Waals surface area contributed by atoms with Crippen molar-refractivity contribution in [1.29, 1.82) is 0 Å². The summed E-state index contributed by atoms with van der Waals surface area (Å²) in [7, 11) is 1.63. The standard InChI is InChI=1S/C48H99N2O6P/c1-6-8-10-12-14-15-16-17-18-19-20-21-22-23-24-25-26-27-28-29-30-31-32-33-34-35-36-38-40-42-48(52)49-46(47(51)41-39-37-13-11-9-7-2)45-56-57(53,54)55-44-43-50(3,4)5/h46-47,51H,6-45H2,1-5H3,(H-,49,52,53,54)/p+1. The van der Waals surface area contributed by atoms with E-state index in [0.29, 0.717) is 23.9 Å². The molecule has 0 aliphatic rings. The topological polar surface area (TPSA) is 105 Å². The predicted octanol–water partition coefficient (Wildman–Crippen LogP) is 14.1. The van der Waals surface area contributed by atoms with Crippen LogP contribution in [0.1, 0.15) is 251 Å². The lowest BCUT2D eigenvalue weighted by Gasteiger charge is -2.26. The molecule has 342 valence electrons. The van der Waals surface area contributed by atoms with Gasteiger partial charge in [-0.2, -0.15) is 0 Å². The lowest BCUT2D eigenvalue weighted by atomic mass is 10.0. The van der Waals surface area contributed by atoms with Gasteiger partial charge in [0.15, 0.2) is 0 Å². The molecule has 9 heteroatoms. The molecule has 0 rings (SSSR count). The Morgan fingerprint density at radius 2 is 0.842 bits per heavy atom. The van der Waals surface area contributed by atoms with Gasteiger partial charge in [-0.15, -0.1) is 0 Å². The van der Waals surface area contributed by atoms with Crippen LogP contribution in [-0.4, -0.2) is 73.4 Å². The first-order valence-corrected chi connectivity index (χ1v) is 26.4. The van der Waals surface area contributed by atoms with E-state index >= 15 is 0 Å². The summed E-state index contributed by atoms with van der Waals surface area (Å²) in [5.41, 5.74) is 0. The van der Waals surface area contributed by atoms with Crippen molar-refractivity contribution >= 4 is 13.7 Å². The number of phosphoric ester groups is 1. The zero-order chi connectivity index (χ0) is 42.1. The molecule has 57 heavy (non-hydrogen) atoms. The van der Waals surface area contributed by atoms with Gasteiger partial charge in [-0.3, -0.25) is 13.8 Å². The second-order valence-corrected chi connectivity index (χ2v) is 20.0. The molecule has 0 aliphatic heterocycles. The molecule has 3 atom stereocenters. The molecule has 0 saturated heterocycles. The Labute approximate surface area is 355 Å². The van der Waals surface area contributed by atoms with Crippen molar-refractivity contribution in [3.05, 3.63) is 0 Å². The van der Waals surface area contributed by atoms with Crippen molar-refractivity contribution in [2.75, 3.05) is 40.9 Å². The quantitative estimate of drug-likeness (QED) is 0.0321. The van der Waals surface area contributed by atoms with Gasteiger partial charge in [-0.1, -0.05) is 232 Å². The van der Waals surface area contributed by atoms with E-state index in [4.69, 9.17) is 9.05 Å². The van der Waals surface area contributed by atoms with E-state index < -0.39 is 20.0 Å². The van der Waals surface area contributed by atoms with Crippen LogP contribution in [0.5, 0.6) is 0 Å². The Hall–Kier alpha value is -0.500. The van der Waals surface area contributed by atoms with Crippen molar-refractivity contribution in [1.82, 2.24) is 5.32 Å². The third kappa shape index (κ3) is 43.4. The van der Waals surface area contributed by atoms with Gasteiger partial charge in [0.05, 0.1) is 39.9 Å². The van der Waals surface area contributed by atoms with Gasteiger partial charge < -0.3 is 19.8 Å². The zero-order valence-corrected chi connectivity index (χ0v) is 39.8. The fraction of sp³-hybridized carbons (Fsp3) is 0.979. The molecule has 1 amide bonds. The van der Waals surface area contributed by atoms with Crippen LogP contribution in [0.15, 0.2) is 0 Å². The Bertz CT molecular complexity index is 901. The SMILES string of the molecule is CCCCCCCCCCCCCCCCCCCCCCCCCCCCCCCC(=O)NC(COP(=O)(O)OCC[N+](C)(C)C)C(O)CCCCCCCC. The number of likely N-dealkylation sites (N-methyl/N-ethyl adjacent to an activating group) is 1. The van der Waals surface area contributed by atoms with Crippen LogP contribution in [0.25, 0.3) is 0 Å². The van der Waals surface area contributed by atoms with E-state index in [9.17, 15) is 19.4 Å². The van der Waals surface area contributed by atoms with Crippen LogP contribution < -0.4 is 5.32 Å². The van der Waals surface area contributed by atoms with Crippen molar-refractivity contribution in [3.8, 4) is 0 Å². The number of unbranched alkanes of at least 4 members (excludes halogenated alkanes) is 33. The molecule has 0 aromatic carbocycles. The Kier molecular flexibility index (Phi) is 40.5. The van der Waals surface area contributed by atoms with Crippen LogP contribution in [-0.2, 0) is 18.4 Å². The van der Waals surface area contributed by atoms with Crippen LogP contribution in [0.2, 0.25) is 0 Å².